The summed E-state index contributed by atoms with van der Waals surface area (Å²) in [6.45, 7) is 3.81. The average Bonchev–Trinajstić information content (AvgIpc) is 2.83. The summed E-state index contributed by atoms with van der Waals surface area (Å²) in [4.78, 5) is 17.3. The molecule has 90 valence electrons. The number of nitrogens with zero attached hydrogens (tertiary/aromatic N) is 2. The summed E-state index contributed by atoms with van der Waals surface area (Å²) in [6, 6.07) is 1.66. The van der Waals surface area contributed by atoms with Gasteiger partial charge >= 0.3 is 0 Å². The van der Waals surface area contributed by atoms with Crippen LogP contribution in [0.2, 0.25) is 0 Å². The maximum absolute atomic E-state index is 11.7. The highest BCUT2D eigenvalue weighted by Gasteiger charge is 2.11. The molecule has 0 aliphatic heterocycles. The summed E-state index contributed by atoms with van der Waals surface area (Å²) in [5.74, 6) is 0.750. The van der Waals surface area contributed by atoms with Gasteiger partial charge in [0.1, 0.15) is 0 Å². The van der Waals surface area contributed by atoms with Crippen LogP contribution in [0.3, 0.4) is 0 Å². The molecule has 2 aromatic rings. The topological polar surface area (TPSA) is 94.0 Å². The zero-order valence-electron chi connectivity index (χ0n) is 9.48. The van der Waals surface area contributed by atoms with E-state index in [1.807, 2.05) is 6.92 Å². The highest BCUT2D eigenvalue weighted by molar-refractivity contribution is 7.14. The normalized spacial score (nSPS) is 10.5. The van der Waals surface area contributed by atoms with E-state index in [4.69, 9.17) is 10.3 Å². The minimum Gasteiger partial charge on any atom is -0.398 e. The second kappa shape index (κ2) is 4.54. The fourth-order valence-corrected chi connectivity index (χ4v) is 2.13. The number of carbonyl (C=O) groups is 1. The lowest BCUT2D eigenvalue weighted by Crippen LogP contribution is -2.22. The van der Waals surface area contributed by atoms with Gasteiger partial charge in [-0.3, -0.25) is 4.79 Å². The number of anilines is 1. The summed E-state index contributed by atoms with van der Waals surface area (Å²) < 4.78 is 4.80. The molecule has 2 rings (SSSR count). The Kier molecular flexibility index (Phi) is 3.10. The zero-order valence-corrected chi connectivity index (χ0v) is 10.3. The number of thiophene rings is 1. The fraction of sp³-hybridized carbons (Fsp3) is 0.300. The monoisotopic (exact) mass is 252 g/mol. The molecule has 2 aromatic heterocycles. The van der Waals surface area contributed by atoms with E-state index in [9.17, 15) is 4.79 Å². The van der Waals surface area contributed by atoms with Crippen molar-refractivity contribution in [3.05, 3.63) is 27.5 Å². The van der Waals surface area contributed by atoms with Crippen molar-refractivity contribution in [3.63, 3.8) is 0 Å². The molecule has 0 aromatic carbocycles. The SMILES string of the molecule is Cc1nc(CNC(=O)c2cc(N)c(C)s2)no1. The molecule has 7 heteroatoms. The van der Waals surface area contributed by atoms with E-state index in [0.717, 1.165) is 4.88 Å². The molecule has 0 atom stereocenters. The molecule has 6 nitrogen and oxygen atoms in total. The molecule has 0 unspecified atom stereocenters. The maximum Gasteiger partial charge on any atom is 0.261 e. The predicted molar refractivity (Wildman–Crippen MR) is 63.7 cm³/mol. The highest BCUT2D eigenvalue weighted by Crippen LogP contribution is 2.23. The molecule has 0 aliphatic rings. The first kappa shape index (κ1) is 11.6. The van der Waals surface area contributed by atoms with Gasteiger partial charge in [0, 0.05) is 17.5 Å². The first-order valence-electron chi connectivity index (χ1n) is 4.99. The third kappa shape index (κ3) is 2.62. The molecule has 3 N–H and O–H groups in total. The maximum atomic E-state index is 11.7. The molecule has 17 heavy (non-hydrogen) atoms. The number of nitrogens with one attached hydrogen (secondary N) is 1. The summed E-state index contributed by atoms with van der Waals surface area (Å²) in [5.41, 5.74) is 6.31. The van der Waals surface area contributed by atoms with Gasteiger partial charge in [0.2, 0.25) is 5.89 Å². The number of hydrogen-bond donors (Lipinski definition) is 2. The van der Waals surface area contributed by atoms with Crippen molar-refractivity contribution in [1.82, 2.24) is 15.5 Å². The first-order valence-corrected chi connectivity index (χ1v) is 5.81. The van der Waals surface area contributed by atoms with Crippen molar-refractivity contribution in [2.24, 2.45) is 0 Å². The molecule has 0 radical (unpaired) electrons. The molecule has 0 fully saturated rings. The van der Waals surface area contributed by atoms with Crippen LogP contribution in [0.5, 0.6) is 0 Å². The molecule has 0 aliphatic carbocycles. The van der Waals surface area contributed by atoms with Crippen LogP contribution in [-0.4, -0.2) is 16.0 Å². The highest BCUT2D eigenvalue weighted by atomic mass is 32.1. The summed E-state index contributed by atoms with van der Waals surface area (Å²) >= 11 is 1.36. The summed E-state index contributed by atoms with van der Waals surface area (Å²) in [6.07, 6.45) is 0. The van der Waals surface area contributed by atoms with E-state index in [2.05, 4.69) is 15.5 Å². The minimum atomic E-state index is -0.183. The fourth-order valence-electron chi connectivity index (χ4n) is 1.27. The van der Waals surface area contributed by atoms with E-state index >= 15 is 0 Å². The number of rotatable bonds is 3. The lowest BCUT2D eigenvalue weighted by molar-refractivity contribution is 0.0953. The quantitative estimate of drug-likeness (QED) is 0.857. The number of nitrogen functional groups attached to an aromatic ring is 1. The second-order valence-electron chi connectivity index (χ2n) is 3.53. The smallest absolute Gasteiger partial charge is 0.261 e. The van der Waals surface area contributed by atoms with Gasteiger partial charge in [-0.05, 0) is 13.0 Å². The minimum absolute atomic E-state index is 0.183. The van der Waals surface area contributed by atoms with Crippen molar-refractivity contribution >= 4 is 22.9 Å². The standard InChI is InChI=1S/C10H12N4O2S/c1-5-7(11)3-8(17-5)10(15)12-4-9-13-6(2)16-14-9/h3H,4,11H2,1-2H3,(H,12,15). The van der Waals surface area contributed by atoms with E-state index in [-0.39, 0.29) is 12.5 Å². The summed E-state index contributed by atoms with van der Waals surface area (Å²) in [7, 11) is 0. The van der Waals surface area contributed by atoms with Crippen LogP contribution in [0.1, 0.15) is 26.3 Å². The molecule has 0 spiro atoms. The van der Waals surface area contributed by atoms with Crippen LogP contribution in [0, 0.1) is 13.8 Å². The molecule has 0 bridgehead atoms. The average molecular weight is 252 g/mol. The van der Waals surface area contributed by atoms with Gasteiger partial charge in [-0.2, -0.15) is 4.98 Å². The van der Waals surface area contributed by atoms with Crippen LogP contribution in [-0.2, 0) is 6.54 Å². The number of aromatic nitrogens is 2. The first-order chi connectivity index (χ1) is 8.06. The Morgan fingerprint density at radius 2 is 2.35 bits per heavy atom. The molecular weight excluding hydrogens is 240 g/mol. The Bertz CT molecular complexity index is 527. The van der Waals surface area contributed by atoms with Crippen LogP contribution < -0.4 is 11.1 Å². The third-order valence-electron chi connectivity index (χ3n) is 2.16. The van der Waals surface area contributed by atoms with Gasteiger partial charge in [0.15, 0.2) is 5.82 Å². The largest absolute Gasteiger partial charge is 0.398 e. The lowest BCUT2D eigenvalue weighted by atomic mass is 10.3. The van der Waals surface area contributed by atoms with Crippen molar-refractivity contribution in [2.45, 2.75) is 20.4 Å². The zero-order chi connectivity index (χ0) is 12.4. The van der Waals surface area contributed by atoms with E-state index in [1.165, 1.54) is 11.3 Å². The number of amides is 1. The van der Waals surface area contributed by atoms with Gasteiger partial charge < -0.3 is 15.6 Å². The Hall–Kier alpha value is -1.89. The molecular formula is C10H12N4O2S. The van der Waals surface area contributed by atoms with Gasteiger partial charge in [0.25, 0.3) is 5.91 Å². The Labute approximate surface area is 102 Å². The molecule has 1 amide bonds. The van der Waals surface area contributed by atoms with E-state index in [0.29, 0.717) is 22.3 Å². The van der Waals surface area contributed by atoms with Crippen molar-refractivity contribution < 1.29 is 9.32 Å². The van der Waals surface area contributed by atoms with Gasteiger partial charge in [0.05, 0.1) is 11.4 Å². The van der Waals surface area contributed by atoms with Crippen molar-refractivity contribution in [1.29, 1.82) is 0 Å². The van der Waals surface area contributed by atoms with Crippen LogP contribution in [0.4, 0.5) is 5.69 Å². The number of hydrogen-bond acceptors (Lipinski definition) is 6. The van der Waals surface area contributed by atoms with Gasteiger partial charge in [-0.1, -0.05) is 5.16 Å². The predicted octanol–water partition coefficient (Wildman–Crippen LogP) is 1.26. The Morgan fingerprint density at radius 1 is 1.59 bits per heavy atom. The van der Waals surface area contributed by atoms with Crippen molar-refractivity contribution in [3.8, 4) is 0 Å². The molecule has 2 heterocycles. The van der Waals surface area contributed by atoms with Crippen molar-refractivity contribution in [2.75, 3.05) is 5.73 Å². The number of aryl methyl sites for hydroxylation is 2. The van der Waals surface area contributed by atoms with E-state index in [1.54, 1.807) is 13.0 Å². The number of nitrogens with two attached hydrogens (primary N) is 1. The van der Waals surface area contributed by atoms with Crippen LogP contribution in [0.15, 0.2) is 10.6 Å². The van der Waals surface area contributed by atoms with Crippen LogP contribution in [0.25, 0.3) is 0 Å². The Balaban J connectivity index is 1.98. The Morgan fingerprint density at radius 3 is 2.88 bits per heavy atom. The van der Waals surface area contributed by atoms with Gasteiger partial charge in [-0.25, -0.2) is 0 Å². The summed E-state index contributed by atoms with van der Waals surface area (Å²) in [5, 5.41) is 6.38. The third-order valence-corrected chi connectivity index (χ3v) is 3.22. The van der Waals surface area contributed by atoms with E-state index < -0.39 is 0 Å². The molecule has 0 saturated carbocycles. The number of carbonyl (C=O) groups excluding carboxylic acids is 1. The second-order valence-corrected chi connectivity index (χ2v) is 4.79. The molecule has 0 saturated heterocycles. The lowest BCUT2D eigenvalue weighted by Gasteiger charge is -1.98. The van der Waals surface area contributed by atoms with Crippen LogP contribution >= 0.6 is 11.3 Å². The van der Waals surface area contributed by atoms with Gasteiger partial charge in [-0.15, -0.1) is 11.3 Å².